The number of hydrazone groups is 1. The largest absolute Gasteiger partial charge is 0.481 e. The lowest BCUT2D eigenvalue weighted by atomic mass is 10.1. The van der Waals surface area contributed by atoms with Crippen LogP contribution in [0.25, 0.3) is 0 Å². The Hall–Kier alpha value is -2.94. The predicted octanol–water partition coefficient (Wildman–Crippen LogP) is 3.94. The van der Waals surface area contributed by atoms with Crippen LogP contribution in [0.4, 0.5) is 9.80 Å². The van der Waals surface area contributed by atoms with Gasteiger partial charge in [-0.05, 0) is 70.3 Å². The van der Waals surface area contributed by atoms with Gasteiger partial charge in [0, 0.05) is 0 Å². The summed E-state index contributed by atoms with van der Waals surface area (Å²) < 4.78 is 14.9. The zero-order valence-corrected chi connectivity index (χ0v) is 18.3. The van der Waals surface area contributed by atoms with Crippen molar-refractivity contribution in [3.8, 4) is 5.75 Å². The van der Waals surface area contributed by atoms with Crippen LogP contribution >= 0.6 is 11.5 Å². The highest BCUT2D eigenvalue weighted by atomic mass is 32.1. The number of ether oxygens (including phenoxy) is 2. The van der Waals surface area contributed by atoms with Crippen molar-refractivity contribution >= 4 is 34.2 Å². The van der Waals surface area contributed by atoms with E-state index >= 15 is 0 Å². The number of nitrogens with zero attached hydrogens (tertiary/aromatic N) is 2. The van der Waals surface area contributed by atoms with Crippen LogP contribution in [0.1, 0.15) is 43.2 Å². The van der Waals surface area contributed by atoms with Gasteiger partial charge in [-0.1, -0.05) is 12.1 Å². The van der Waals surface area contributed by atoms with Crippen LogP contribution in [-0.2, 0) is 9.53 Å². The summed E-state index contributed by atoms with van der Waals surface area (Å²) in [5.41, 5.74) is 6.44. The summed E-state index contributed by atoms with van der Waals surface area (Å²) in [6.45, 7) is 11.1. The Morgan fingerprint density at radius 1 is 1.28 bits per heavy atom. The zero-order valence-electron chi connectivity index (χ0n) is 17.5. The molecule has 0 spiro atoms. The number of hydrogen-bond acceptors (Lipinski definition) is 7. The molecule has 2 aromatic rings. The van der Waals surface area contributed by atoms with Gasteiger partial charge in [-0.15, -0.1) is 0 Å². The number of carbonyl (C=O) groups is 2. The number of anilines is 1. The van der Waals surface area contributed by atoms with Gasteiger partial charge in [0.25, 0.3) is 5.91 Å². The highest BCUT2D eigenvalue weighted by Crippen LogP contribution is 2.25. The summed E-state index contributed by atoms with van der Waals surface area (Å²) in [6, 6.07) is 5.70. The third-order valence-corrected chi connectivity index (χ3v) is 5.13. The average molecular weight is 419 g/mol. The van der Waals surface area contributed by atoms with Gasteiger partial charge in [0.15, 0.2) is 6.10 Å². The van der Waals surface area contributed by atoms with Gasteiger partial charge in [-0.3, -0.25) is 10.1 Å². The molecule has 2 N–H and O–H groups in total. The van der Waals surface area contributed by atoms with Crippen LogP contribution in [0.2, 0.25) is 0 Å². The summed E-state index contributed by atoms with van der Waals surface area (Å²) >= 11 is 1.12. The molecule has 1 heterocycles. The Balaban J connectivity index is 2.07. The molecule has 9 heteroatoms. The van der Waals surface area contributed by atoms with Crippen LogP contribution in [0.3, 0.4) is 0 Å². The van der Waals surface area contributed by atoms with E-state index in [0.29, 0.717) is 27.7 Å². The monoisotopic (exact) mass is 418 g/mol. The molecule has 0 radical (unpaired) electrons. The van der Waals surface area contributed by atoms with Gasteiger partial charge in [0.05, 0.1) is 23.6 Å². The number of hydrogen-bond donors (Lipinski definition) is 2. The summed E-state index contributed by atoms with van der Waals surface area (Å²) in [5.74, 6) is 0.276. The van der Waals surface area contributed by atoms with E-state index in [9.17, 15) is 9.59 Å². The lowest BCUT2D eigenvalue weighted by molar-refractivity contribution is -0.127. The fraction of sp³-hybridized carbons (Fsp3) is 0.400. The normalized spacial score (nSPS) is 12.3. The van der Waals surface area contributed by atoms with E-state index in [1.54, 1.807) is 27.7 Å². The molecule has 1 atom stereocenters. The van der Waals surface area contributed by atoms with E-state index in [4.69, 9.17) is 9.47 Å². The molecule has 2 amide bonds. The lowest BCUT2D eigenvalue weighted by Crippen LogP contribution is -2.34. The van der Waals surface area contributed by atoms with Gasteiger partial charge in [-0.2, -0.15) is 9.47 Å². The van der Waals surface area contributed by atoms with Gasteiger partial charge in [0.2, 0.25) is 0 Å². The first-order valence-electron chi connectivity index (χ1n) is 9.22. The highest BCUT2D eigenvalue weighted by molar-refractivity contribution is 7.11. The number of nitrogens with one attached hydrogen (secondary N) is 2. The van der Waals surface area contributed by atoms with Crippen molar-refractivity contribution in [3.63, 3.8) is 0 Å². The Bertz CT molecular complexity index is 923. The van der Waals surface area contributed by atoms with Crippen molar-refractivity contribution in [2.75, 3.05) is 11.9 Å². The predicted molar refractivity (Wildman–Crippen MR) is 114 cm³/mol. The molecule has 8 nitrogen and oxygen atoms in total. The fourth-order valence-electron chi connectivity index (χ4n) is 2.52. The van der Waals surface area contributed by atoms with Gasteiger partial charge < -0.3 is 9.47 Å². The van der Waals surface area contributed by atoms with Crippen LogP contribution < -0.4 is 15.5 Å². The first kappa shape index (κ1) is 22.4. The summed E-state index contributed by atoms with van der Waals surface area (Å²) in [5, 5.41) is 7.31. The second kappa shape index (κ2) is 10.0. The molecule has 0 unspecified atom stereocenters. The smallest absolute Gasteiger partial charge is 0.412 e. The van der Waals surface area contributed by atoms with Crippen LogP contribution in [0.15, 0.2) is 23.3 Å². The summed E-state index contributed by atoms with van der Waals surface area (Å²) in [7, 11) is 0. The Morgan fingerprint density at radius 2 is 2.00 bits per heavy atom. The number of amides is 2. The molecule has 0 saturated carbocycles. The standard InChI is InChI=1S/C20H26N4O4S/c1-7-27-20(26)21-19-17(14(5)24-29-19)13(4)22-23-18(25)15(6)28-16-10-8-9-11(2)12(16)3/h8-10,15H,7H2,1-6H3,(H,21,26)(H,23,25)/b22-13+/t15-/m1/s1. The van der Waals surface area contributed by atoms with Crippen LogP contribution in [-0.4, -0.2) is 34.8 Å². The minimum Gasteiger partial charge on any atom is -0.481 e. The molecular weight excluding hydrogens is 392 g/mol. The molecule has 0 aliphatic carbocycles. The molecule has 0 saturated heterocycles. The second-order valence-electron chi connectivity index (χ2n) is 6.45. The maximum atomic E-state index is 12.4. The van der Waals surface area contributed by atoms with E-state index in [1.807, 2.05) is 32.0 Å². The SMILES string of the molecule is CCOC(=O)Nc1snc(C)c1/C(C)=N/NC(=O)[C@@H](C)Oc1cccc(C)c1C. The molecule has 1 aromatic heterocycles. The Labute approximate surface area is 174 Å². The van der Waals surface area contributed by atoms with Crippen molar-refractivity contribution in [3.05, 3.63) is 40.6 Å². The van der Waals surface area contributed by atoms with E-state index in [1.165, 1.54) is 0 Å². The third kappa shape index (κ3) is 5.77. The van der Waals surface area contributed by atoms with Gasteiger partial charge in [0.1, 0.15) is 10.8 Å². The van der Waals surface area contributed by atoms with Crippen molar-refractivity contribution in [1.82, 2.24) is 9.80 Å². The summed E-state index contributed by atoms with van der Waals surface area (Å²) in [6.07, 6.45) is -1.30. The molecule has 0 aliphatic heterocycles. The van der Waals surface area contributed by atoms with E-state index < -0.39 is 12.2 Å². The Kier molecular flexibility index (Phi) is 7.72. The molecule has 0 aliphatic rings. The van der Waals surface area contributed by atoms with Crippen molar-refractivity contribution in [2.45, 2.75) is 47.6 Å². The van der Waals surface area contributed by atoms with Gasteiger partial charge in [-0.25, -0.2) is 10.2 Å². The highest BCUT2D eigenvalue weighted by Gasteiger charge is 2.19. The van der Waals surface area contributed by atoms with Crippen LogP contribution in [0.5, 0.6) is 5.75 Å². The van der Waals surface area contributed by atoms with Gasteiger partial charge >= 0.3 is 6.09 Å². The number of aryl methyl sites for hydroxylation is 2. The number of carbonyl (C=O) groups excluding carboxylic acids is 2. The van der Waals surface area contributed by atoms with Crippen molar-refractivity contribution < 1.29 is 19.1 Å². The number of benzene rings is 1. The molecule has 29 heavy (non-hydrogen) atoms. The first-order valence-corrected chi connectivity index (χ1v) is 9.99. The molecule has 0 bridgehead atoms. The maximum Gasteiger partial charge on any atom is 0.412 e. The van der Waals surface area contributed by atoms with E-state index in [2.05, 4.69) is 20.2 Å². The number of aromatic nitrogens is 1. The van der Waals surface area contributed by atoms with Crippen molar-refractivity contribution in [1.29, 1.82) is 0 Å². The van der Waals surface area contributed by atoms with E-state index in [0.717, 1.165) is 22.7 Å². The fourth-order valence-corrected chi connectivity index (χ4v) is 3.36. The molecule has 1 aromatic carbocycles. The molecule has 0 fully saturated rings. The summed E-state index contributed by atoms with van der Waals surface area (Å²) in [4.78, 5) is 24.1. The molecular formula is C20H26N4O4S. The zero-order chi connectivity index (χ0) is 21.6. The minimum atomic E-state index is -0.731. The average Bonchev–Trinajstić information content (AvgIpc) is 3.03. The second-order valence-corrected chi connectivity index (χ2v) is 7.22. The van der Waals surface area contributed by atoms with Crippen LogP contribution in [0, 0.1) is 20.8 Å². The lowest BCUT2D eigenvalue weighted by Gasteiger charge is -2.16. The molecule has 156 valence electrons. The van der Waals surface area contributed by atoms with Crippen molar-refractivity contribution in [2.24, 2.45) is 5.10 Å². The third-order valence-electron chi connectivity index (χ3n) is 4.28. The molecule has 2 rings (SSSR count). The quantitative estimate of drug-likeness (QED) is 0.524. The topological polar surface area (TPSA) is 102 Å². The number of rotatable bonds is 7. The van der Waals surface area contributed by atoms with E-state index in [-0.39, 0.29) is 12.5 Å². The maximum absolute atomic E-state index is 12.4. The Morgan fingerprint density at radius 3 is 2.69 bits per heavy atom. The first-order chi connectivity index (χ1) is 13.7. The minimum absolute atomic E-state index is 0.264.